The lowest BCUT2D eigenvalue weighted by Gasteiger charge is -2.25. The summed E-state index contributed by atoms with van der Waals surface area (Å²) in [6, 6.07) is 2.28. The van der Waals surface area contributed by atoms with Gasteiger partial charge >= 0.3 is 11.9 Å². The highest BCUT2D eigenvalue weighted by Gasteiger charge is 2.48. The lowest BCUT2D eigenvalue weighted by atomic mass is 9.99. The SMILES string of the molecule is CCOC(=O)C(F)(F)[C@@H](N)c1ccc(N(CC)CC)cc1O. The van der Waals surface area contributed by atoms with Crippen molar-refractivity contribution in [3.8, 4) is 5.75 Å². The minimum atomic E-state index is -3.91. The monoisotopic (exact) mass is 316 g/mol. The predicted molar refractivity (Wildman–Crippen MR) is 80.2 cm³/mol. The Kier molecular flexibility index (Phi) is 6.11. The molecule has 0 bridgehead atoms. The summed E-state index contributed by atoms with van der Waals surface area (Å²) >= 11 is 0. The molecule has 0 aromatic heterocycles. The van der Waals surface area contributed by atoms with Crippen molar-refractivity contribution in [2.45, 2.75) is 32.7 Å². The molecule has 0 fully saturated rings. The molecule has 1 atom stereocenters. The zero-order chi connectivity index (χ0) is 16.9. The van der Waals surface area contributed by atoms with Crippen LogP contribution in [0.3, 0.4) is 0 Å². The molecule has 0 amide bonds. The Bertz CT molecular complexity index is 520. The molecule has 0 saturated carbocycles. The molecule has 0 aliphatic rings. The van der Waals surface area contributed by atoms with Gasteiger partial charge in [0.1, 0.15) is 11.8 Å². The van der Waals surface area contributed by atoms with Crippen LogP contribution < -0.4 is 10.6 Å². The molecule has 1 aromatic carbocycles. The quantitative estimate of drug-likeness (QED) is 0.756. The molecule has 0 radical (unpaired) electrons. The van der Waals surface area contributed by atoms with E-state index in [9.17, 15) is 18.7 Å². The molecule has 0 unspecified atom stereocenters. The second-order valence-electron chi connectivity index (χ2n) is 4.74. The molecule has 1 rings (SSSR count). The summed E-state index contributed by atoms with van der Waals surface area (Å²) in [5.41, 5.74) is 5.96. The smallest absolute Gasteiger partial charge is 0.379 e. The van der Waals surface area contributed by atoms with Gasteiger partial charge in [-0.1, -0.05) is 6.07 Å². The topological polar surface area (TPSA) is 75.8 Å². The number of hydrogen-bond donors (Lipinski definition) is 2. The van der Waals surface area contributed by atoms with Gasteiger partial charge in [-0.25, -0.2) is 4.79 Å². The van der Waals surface area contributed by atoms with Gasteiger partial charge in [-0.05, 0) is 26.8 Å². The third kappa shape index (κ3) is 3.65. The highest BCUT2D eigenvalue weighted by atomic mass is 19.3. The molecule has 124 valence electrons. The summed E-state index contributed by atoms with van der Waals surface area (Å²) in [5, 5.41) is 9.98. The highest BCUT2D eigenvalue weighted by molar-refractivity contribution is 5.79. The Labute approximate surface area is 128 Å². The number of carbonyl (C=O) groups excluding carboxylic acids is 1. The van der Waals surface area contributed by atoms with Crippen molar-refractivity contribution in [2.75, 3.05) is 24.6 Å². The lowest BCUT2D eigenvalue weighted by Crippen LogP contribution is -2.41. The average Bonchev–Trinajstić information content (AvgIpc) is 2.48. The maximum Gasteiger partial charge on any atom is 0.379 e. The first-order valence-electron chi connectivity index (χ1n) is 7.17. The number of halogens is 2. The third-order valence-electron chi connectivity index (χ3n) is 3.42. The number of aromatic hydroxyl groups is 1. The highest BCUT2D eigenvalue weighted by Crippen LogP contribution is 2.36. The summed E-state index contributed by atoms with van der Waals surface area (Å²) in [6.07, 6.45) is 0. The van der Waals surface area contributed by atoms with Crippen molar-refractivity contribution in [1.29, 1.82) is 0 Å². The number of alkyl halides is 2. The lowest BCUT2D eigenvalue weighted by molar-refractivity contribution is -0.174. The predicted octanol–water partition coefficient (Wildman–Crippen LogP) is 2.44. The van der Waals surface area contributed by atoms with E-state index >= 15 is 0 Å². The van der Waals surface area contributed by atoms with Crippen molar-refractivity contribution >= 4 is 11.7 Å². The second-order valence-corrected chi connectivity index (χ2v) is 4.74. The fourth-order valence-corrected chi connectivity index (χ4v) is 2.13. The van der Waals surface area contributed by atoms with Gasteiger partial charge in [0.2, 0.25) is 0 Å². The number of nitrogens with two attached hydrogens (primary N) is 1. The number of benzene rings is 1. The van der Waals surface area contributed by atoms with Crippen molar-refractivity contribution in [1.82, 2.24) is 0 Å². The van der Waals surface area contributed by atoms with E-state index in [-0.39, 0.29) is 17.9 Å². The standard InChI is InChI=1S/C15H22F2N2O3/c1-4-19(5-2)10-7-8-11(12(20)9-10)13(18)15(16,17)14(21)22-6-3/h7-9,13,20H,4-6,18H2,1-3H3/t13-/m0/s1. The summed E-state index contributed by atoms with van der Waals surface area (Å²) in [7, 11) is 0. The Morgan fingerprint density at radius 2 is 1.95 bits per heavy atom. The Balaban J connectivity index is 3.09. The van der Waals surface area contributed by atoms with E-state index in [0.29, 0.717) is 18.8 Å². The maximum atomic E-state index is 13.9. The van der Waals surface area contributed by atoms with Crippen molar-refractivity contribution in [2.24, 2.45) is 5.73 Å². The van der Waals surface area contributed by atoms with Gasteiger partial charge in [-0.2, -0.15) is 8.78 Å². The summed E-state index contributed by atoms with van der Waals surface area (Å²) in [6.45, 7) is 6.55. The number of anilines is 1. The zero-order valence-corrected chi connectivity index (χ0v) is 13.0. The molecule has 5 nitrogen and oxygen atoms in total. The summed E-state index contributed by atoms with van der Waals surface area (Å²) in [4.78, 5) is 13.3. The molecule has 0 aliphatic carbocycles. The van der Waals surface area contributed by atoms with E-state index < -0.39 is 17.9 Å². The van der Waals surface area contributed by atoms with Gasteiger partial charge in [0.25, 0.3) is 0 Å². The number of ether oxygens (including phenoxy) is 1. The van der Waals surface area contributed by atoms with E-state index in [1.807, 2.05) is 18.7 Å². The molecule has 1 aromatic rings. The van der Waals surface area contributed by atoms with Crippen molar-refractivity contribution in [3.63, 3.8) is 0 Å². The molecule has 3 N–H and O–H groups in total. The fraction of sp³-hybridized carbons (Fsp3) is 0.533. The van der Waals surface area contributed by atoms with Gasteiger partial charge in [0, 0.05) is 30.4 Å². The number of hydrogen-bond acceptors (Lipinski definition) is 5. The van der Waals surface area contributed by atoms with Crippen LogP contribution in [0, 0.1) is 0 Å². The molecule has 0 saturated heterocycles. The van der Waals surface area contributed by atoms with E-state index in [1.165, 1.54) is 19.1 Å². The number of nitrogens with zero attached hydrogens (tertiary/aromatic N) is 1. The molecule has 0 aliphatic heterocycles. The number of esters is 1. The summed E-state index contributed by atoms with van der Waals surface area (Å²) < 4.78 is 32.2. The first kappa shape index (κ1) is 18.2. The van der Waals surface area contributed by atoms with Crippen LogP contribution in [-0.2, 0) is 9.53 Å². The number of carbonyl (C=O) groups is 1. The van der Waals surface area contributed by atoms with Crippen LogP contribution in [0.25, 0.3) is 0 Å². The maximum absolute atomic E-state index is 13.9. The van der Waals surface area contributed by atoms with Crippen molar-refractivity contribution in [3.05, 3.63) is 23.8 Å². The first-order valence-corrected chi connectivity index (χ1v) is 7.17. The van der Waals surface area contributed by atoms with Gasteiger partial charge < -0.3 is 20.5 Å². The molecule has 7 heteroatoms. The normalized spacial score (nSPS) is 12.8. The first-order chi connectivity index (χ1) is 10.3. The number of phenols is 1. The van der Waals surface area contributed by atoms with E-state index in [4.69, 9.17) is 5.73 Å². The van der Waals surface area contributed by atoms with Crippen LogP contribution in [-0.4, -0.2) is 36.7 Å². The number of rotatable bonds is 7. The average molecular weight is 316 g/mol. The molecule has 22 heavy (non-hydrogen) atoms. The van der Waals surface area contributed by atoms with Crippen LogP contribution in [0.4, 0.5) is 14.5 Å². The van der Waals surface area contributed by atoms with Crippen LogP contribution >= 0.6 is 0 Å². The fourth-order valence-electron chi connectivity index (χ4n) is 2.13. The number of phenolic OH excluding ortho intramolecular Hbond substituents is 1. The zero-order valence-electron chi connectivity index (χ0n) is 13.0. The Hall–Kier alpha value is -1.89. The molecular weight excluding hydrogens is 294 g/mol. The Morgan fingerprint density at radius 3 is 2.41 bits per heavy atom. The van der Waals surface area contributed by atoms with Crippen molar-refractivity contribution < 1.29 is 23.4 Å². The van der Waals surface area contributed by atoms with Crippen LogP contribution in [0.15, 0.2) is 18.2 Å². The molecule has 0 heterocycles. The van der Waals surface area contributed by atoms with Crippen LogP contribution in [0.5, 0.6) is 5.75 Å². The minimum absolute atomic E-state index is 0.173. The Morgan fingerprint density at radius 1 is 1.36 bits per heavy atom. The van der Waals surface area contributed by atoms with E-state index in [0.717, 1.165) is 0 Å². The third-order valence-corrected chi connectivity index (χ3v) is 3.42. The summed E-state index contributed by atoms with van der Waals surface area (Å²) in [5.74, 6) is -5.99. The van der Waals surface area contributed by atoms with Crippen LogP contribution in [0.1, 0.15) is 32.4 Å². The minimum Gasteiger partial charge on any atom is -0.508 e. The van der Waals surface area contributed by atoms with Gasteiger partial charge in [-0.15, -0.1) is 0 Å². The second kappa shape index (κ2) is 7.40. The molecule has 0 spiro atoms. The van der Waals surface area contributed by atoms with E-state index in [2.05, 4.69) is 4.74 Å². The van der Waals surface area contributed by atoms with E-state index in [1.54, 1.807) is 6.07 Å². The largest absolute Gasteiger partial charge is 0.508 e. The van der Waals surface area contributed by atoms with Crippen LogP contribution in [0.2, 0.25) is 0 Å². The van der Waals surface area contributed by atoms with Gasteiger partial charge in [0.15, 0.2) is 0 Å². The molecular formula is C15H22F2N2O3. The van der Waals surface area contributed by atoms with Gasteiger partial charge in [-0.3, -0.25) is 0 Å². The van der Waals surface area contributed by atoms with Gasteiger partial charge in [0.05, 0.1) is 6.61 Å².